The van der Waals surface area contributed by atoms with Gasteiger partial charge in [0, 0.05) is 31.1 Å². The lowest BCUT2D eigenvalue weighted by atomic mass is 9.86. The summed E-state index contributed by atoms with van der Waals surface area (Å²) in [6.45, 7) is 9.19. The summed E-state index contributed by atoms with van der Waals surface area (Å²) in [6.07, 6.45) is 2.77. The molecule has 0 aliphatic heterocycles. The molecule has 0 spiro atoms. The molecule has 2 aromatic heterocycles. The number of nitrogens with zero attached hydrogens (tertiary/aromatic N) is 2. The van der Waals surface area contributed by atoms with Crippen LogP contribution in [0.4, 0.5) is 0 Å². The molecule has 0 fully saturated rings. The molecule has 0 saturated heterocycles. The van der Waals surface area contributed by atoms with E-state index in [2.05, 4.69) is 70.2 Å². The van der Waals surface area contributed by atoms with Crippen molar-refractivity contribution in [3.8, 4) is 0 Å². The van der Waals surface area contributed by atoms with Crippen LogP contribution in [0.2, 0.25) is 0 Å². The minimum absolute atomic E-state index is 0.229. The van der Waals surface area contributed by atoms with Crippen LogP contribution < -0.4 is 0 Å². The van der Waals surface area contributed by atoms with E-state index in [1.54, 1.807) is 6.33 Å². The average molecular weight is 395 g/mol. The van der Waals surface area contributed by atoms with Gasteiger partial charge in [-0.25, -0.2) is 9.97 Å². The number of thiophene rings is 1. The number of rotatable bonds is 1. The quantitative estimate of drug-likeness (QED) is 0.211. The third kappa shape index (κ3) is 2.40. The highest BCUT2D eigenvalue weighted by molar-refractivity contribution is 7.20. The minimum atomic E-state index is 0.229. The molecule has 142 valence electrons. The number of aromatic nitrogens is 2. The highest BCUT2D eigenvalue weighted by atomic mass is 32.1. The van der Waals surface area contributed by atoms with Gasteiger partial charge in [-0.3, -0.25) is 0 Å². The molecule has 6 rings (SSSR count). The van der Waals surface area contributed by atoms with Crippen molar-refractivity contribution in [3.05, 3.63) is 59.2 Å². The molecular weight excluding hydrogens is 372 g/mol. The topological polar surface area (TPSA) is 25.8 Å². The van der Waals surface area contributed by atoms with E-state index in [0.717, 1.165) is 17.5 Å². The van der Waals surface area contributed by atoms with Gasteiger partial charge in [-0.2, -0.15) is 0 Å². The van der Waals surface area contributed by atoms with Gasteiger partial charge < -0.3 is 0 Å². The van der Waals surface area contributed by atoms with Crippen LogP contribution in [0.25, 0.3) is 53.4 Å². The fourth-order valence-corrected chi connectivity index (χ4v) is 6.06. The Hall–Kier alpha value is -2.78. The first-order valence-electron chi connectivity index (χ1n) is 10.1. The van der Waals surface area contributed by atoms with E-state index >= 15 is 0 Å². The van der Waals surface area contributed by atoms with Crippen molar-refractivity contribution >= 4 is 64.8 Å². The monoisotopic (exact) mass is 394 g/mol. The minimum Gasteiger partial charge on any atom is -0.236 e. The fraction of sp³-hybridized carbons (Fsp3) is 0.231. The lowest BCUT2D eigenvalue weighted by Gasteiger charge is -2.20. The van der Waals surface area contributed by atoms with Crippen molar-refractivity contribution in [2.45, 2.75) is 34.1 Å². The van der Waals surface area contributed by atoms with Crippen LogP contribution in [-0.4, -0.2) is 9.97 Å². The zero-order valence-corrected chi connectivity index (χ0v) is 17.9. The van der Waals surface area contributed by atoms with Gasteiger partial charge >= 0.3 is 0 Å². The molecule has 0 N–H and O–H groups in total. The van der Waals surface area contributed by atoms with Gasteiger partial charge in [0.25, 0.3) is 0 Å². The molecule has 2 nitrogen and oxygen atoms in total. The molecule has 0 aliphatic rings. The second-order valence-electron chi connectivity index (χ2n) is 9.37. The van der Waals surface area contributed by atoms with Crippen LogP contribution in [0.5, 0.6) is 0 Å². The van der Waals surface area contributed by atoms with Crippen molar-refractivity contribution in [2.75, 3.05) is 0 Å². The molecule has 6 aromatic rings. The third-order valence-electron chi connectivity index (χ3n) is 5.94. The predicted octanol–water partition coefficient (Wildman–Crippen LogP) is 7.64. The Balaban J connectivity index is 1.90. The van der Waals surface area contributed by atoms with Gasteiger partial charge in [-0.15, -0.1) is 11.3 Å². The van der Waals surface area contributed by atoms with E-state index in [9.17, 15) is 0 Å². The smallest absolute Gasteiger partial charge is 0.116 e. The Bertz CT molecular complexity index is 1570. The first-order chi connectivity index (χ1) is 13.9. The number of aryl methyl sites for hydroxylation is 1. The molecule has 0 amide bonds. The first kappa shape index (κ1) is 17.1. The maximum absolute atomic E-state index is 4.78. The predicted molar refractivity (Wildman–Crippen MR) is 127 cm³/mol. The van der Waals surface area contributed by atoms with E-state index in [-0.39, 0.29) is 5.41 Å². The zero-order valence-electron chi connectivity index (χ0n) is 17.1. The number of hydrogen-bond acceptors (Lipinski definition) is 3. The lowest BCUT2D eigenvalue weighted by Crippen LogP contribution is -2.09. The van der Waals surface area contributed by atoms with Crippen LogP contribution in [0.15, 0.2) is 48.8 Å². The van der Waals surface area contributed by atoms with E-state index in [1.165, 1.54) is 52.8 Å². The third-order valence-corrected chi connectivity index (χ3v) is 7.13. The number of fused-ring (bicyclic) bond motifs is 4. The van der Waals surface area contributed by atoms with Crippen molar-refractivity contribution in [2.24, 2.45) is 5.41 Å². The SMILES string of the molecule is Cc1sc2c(CC(C)(C)C)cc3ncnc4c5cc6ccccc6cc5c1c2c34. The van der Waals surface area contributed by atoms with Gasteiger partial charge in [0.05, 0.1) is 11.0 Å². The molecular formula is C26H22N2S. The van der Waals surface area contributed by atoms with Gasteiger partial charge in [0.1, 0.15) is 6.33 Å². The average Bonchev–Trinajstić information content (AvgIpc) is 3.03. The summed E-state index contributed by atoms with van der Waals surface area (Å²) >= 11 is 1.93. The standard InChI is InChI=1S/C26H22N2S/c1-14-21-18-9-15-7-5-6-8-16(15)10-19(18)24-22-20(27-13-28-24)11-17(12-26(2,3)4)25(29-14)23(21)22/h5-11,13H,12H2,1-4H3. The summed E-state index contributed by atoms with van der Waals surface area (Å²) in [7, 11) is 0. The van der Waals surface area contributed by atoms with Crippen molar-refractivity contribution in [1.82, 2.24) is 9.97 Å². The van der Waals surface area contributed by atoms with Crippen LogP contribution in [-0.2, 0) is 6.42 Å². The molecule has 29 heavy (non-hydrogen) atoms. The summed E-state index contributed by atoms with van der Waals surface area (Å²) in [5.74, 6) is 0. The molecule has 0 unspecified atom stereocenters. The highest BCUT2D eigenvalue weighted by Gasteiger charge is 2.23. The summed E-state index contributed by atoms with van der Waals surface area (Å²) in [4.78, 5) is 10.9. The second kappa shape index (κ2) is 5.64. The normalized spacial score (nSPS) is 13.0. The highest BCUT2D eigenvalue weighted by Crippen LogP contribution is 2.47. The fourth-order valence-electron chi connectivity index (χ4n) is 4.87. The summed E-state index contributed by atoms with van der Waals surface area (Å²) in [5, 5.41) is 9.06. The maximum Gasteiger partial charge on any atom is 0.116 e. The Morgan fingerprint density at radius 2 is 1.59 bits per heavy atom. The van der Waals surface area contributed by atoms with Crippen LogP contribution in [0, 0.1) is 12.3 Å². The molecule has 3 heteroatoms. The second-order valence-corrected chi connectivity index (χ2v) is 10.6. The molecule has 0 bridgehead atoms. The molecule has 0 saturated carbocycles. The summed E-state index contributed by atoms with van der Waals surface area (Å²) in [5.41, 5.74) is 3.79. The van der Waals surface area contributed by atoms with Gasteiger partial charge in [-0.05, 0) is 58.7 Å². The van der Waals surface area contributed by atoms with Gasteiger partial charge in [0.2, 0.25) is 0 Å². The van der Waals surface area contributed by atoms with Gasteiger partial charge in [0.15, 0.2) is 0 Å². The largest absolute Gasteiger partial charge is 0.236 e. The maximum atomic E-state index is 4.78. The zero-order chi connectivity index (χ0) is 19.9. The Morgan fingerprint density at radius 1 is 0.862 bits per heavy atom. The molecule has 0 atom stereocenters. The molecule has 0 radical (unpaired) electrons. The number of benzene rings is 4. The molecule has 4 aromatic carbocycles. The van der Waals surface area contributed by atoms with Crippen LogP contribution >= 0.6 is 11.3 Å². The first-order valence-corrected chi connectivity index (χ1v) is 11.0. The Morgan fingerprint density at radius 3 is 2.31 bits per heavy atom. The summed E-state index contributed by atoms with van der Waals surface area (Å²) in [6, 6.07) is 15.6. The van der Waals surface area contributed by atoms with Crippen LogP contribution in [0.1, 0.15) is 31.2 Å². The van der Waals surface area contributed by atoms with E-state index in [4.69, 9.17) is 9.97 Å². The van der Waals surface area contributed by atoms with Crippen molar-refractivity contribution < 1.29 is 0 Å². The van der Waals surface area contributed by atoms with E-state index in [1.807, 2.05) is 11.3 Å². The molecule has 0 aliphatic carbocycles. The van der Waals surface area contributed by atoms with Crippen molar-refractivity contribution in [1.29, 1.82) is 0 Å². The van der Waals surface area contributed by atoms with Gasteiger partial charge in [-0.1, -0.05) is 45.0 Å². The van der Waals surface area contributed by atoms with Crippen molar-refractivity contribution in [3.63, 3.8) is 0 Å². The number of hydrogen-bond donors (Lipinski definition) is 0. The lowest BCUT2D eigenvalue weighted by molar-refractivity contribution is 0.413. The van der Waals surface area contributed by atoms with Crippen LogP contribution in [0.3, 0.4) is 0 Å². The van der Waals surface area contributed by atoms with E-state index < -0.39 is 0 Å². The summed E-state index contributed by atoms with van der Waals surface area (Å²) < 4.78 is 1.41. The Kier molecular flexibility index (Phi) is 3.33. The Labute approximate surface area is 173 Å². The molecule has 2 heterocycles. The van der Waals surface area contributed by atoms with E-state index in [0.29, 0.717) is 0 Å².